The lowest BCUT2D eigenvalue weighted by molar-refractivity contribution is -0.116. The van der Waals surface area contributed by atoms with Crippen molar-refractivity contribution in [2.24, 2.45) is 0 Å². The van der Waals surface area contributed by atoms with E-state index in [9.17, 15) is 4.79 Å². The van der Waals surface area contributed by atoms with Crippen LogP contribution < -0.4 is 10.6 Å². The van der Waals surface area contributed by atoms with Gasteiger partial charge >= 0.3 is 0 Å². The quantitative estimate of drug-likeness (QED) is 0.461. The number of para-hydroxylation sites is 1. The van der Waals surface area contributed by atoms with Gasteiger partial charge in [-0.1, -0.05) is 18.2 Å². The number of pyridine rings is 1. The van der Waals surface area contributed by atoms with E-state index in [1.54, 1.807) is 12.4 Å². The van der Waals surface area contributed by atoms with Gasteiger partial charge in [-0.3, -0.25) is 9.78 Å². The summed E-state index contributed by atoms with van der Waals surface area (Å²) in [6, 6.07) is 19.6. The minimum Gasteiger partial charge on any atom is -0.361 e. The molecule has 2 heterocycles. The van der Waals surface area contributed by atoms with E-state index < -0.39 is 0 Å². The summed E-state index contributed by atoms with van der Waals surface area (Å²) in [5.74, 6) is 0.00764. The molecule has 134 valence electrons. The van der Waals surface area contributed by atoms with Crippen LogP contribution in [0.25, 0.3) is 10.9 Å². The van der Waals surface area contributed by atoms with Gasteiger partial charge in [-0.25, -0.2) is 0 Å². The number of benzene rings is 2. The van der Waals surface area contributed by atoms with Crippen LogP contribution in [0.2, 0.25) is 0 Å². The molecular weight excluding hydrogens is 336 g/mol. The number of nitrogens with zero attached hydrogens (tertiary/aromatic N) is 1. The first kappa shape index (κ1) is 16.8. The summed E-state index contributed by atoms with van der Waals surface area (Å²) < 4.78 is 0. The second kappa shape index (κ2) is 7.74. The molecule has 2 aromatic carbocycles. The zero-order valence-corrected chi connectivity index (χ0v) is 14.8. The van der Waals surface area contributed by atoms with Crippen LogP contribution in [0.3, 0.4) is 0 Å². The van der Waals surface area contributed by atoms with Crippen LogP contribution >= 0.6 is 0 Å². The lowest BCUT2D eigenvalue weighted by Crippen LogP contribution is -2.12. The Labute approximate surface area is 157 Å². The fourth-order valence-corrected chi connectivity index (χ4v) is 3.05. The Morgan fingerprint density at radius 2 is 1.74 bits per heavy atom. The molecule has 3 N–H and O–H groups in total. The van der Waals surface area contributed by atoms with Gasteiger partial charge < -0.3 is 15.6 Å². The number of anilines is 3. The van der Waals surface area contributed by atoms with Crippen LogP contribution in [0.15, 0.2) is 79.3 Å². The Balaban J connectivity index is 1.33. The van der Waals surface area contributed by atoms with Crippen molar-refractivity contribution in [2.75, 3.05) is 10.6 Å². The van der Waals surface area contributed by atoms with Gasteiger partial charge in [-0.2, -0.15) is 0 Å². The second-order valence-corrected chi connectivity index (χ2v) is 6.35. The van der Waals surface area contributed by atoms with Crippen LogP contribution in [0.1, 0.15) is 12.0 Å². The number of H-pyrrole nitrogens is 1. The Bertz CT molecular complexity index is 1040. The highest BCUT2D eigenvalue weighted by molar-refractivity contribution is 5.91. The lowest BCUT2D eigenvalue weighted by atomic mass is 10.1. The van der Waals surface area contributed by atoms with Crippen molar-refractivity contribution in [1.82, 2.24) is 9.97 Å². The standard InChI is InChI=1S/C22H20N4O/c27-22(12-7-16-14-24-21-6-2-1-5-20(16)21)26-18-10-8-17(9-11-18)25-19-4-3-13-23-15-19/h1-6,8-11,13-15,24-25H,7,12H2,(H,26,27). The summed E-state index contributed by atoms with van der Waals surface area (Å²) in [5, 5.41) is 7.40. The number of aromatic nitrogens is 2. The second-order valence-electron chi connectivity index (χ2n) is 6.35. The van der Waals surface area contributed by atoms with Crippen molar-refractivity contribution >= 4 is 33.9 Å². The van der Waals surface area contributed by atoms with Gasteiger partial charge in [0.2, 0.25) is 5.91 Å². The minimum absolute atomic E-state index is 0.00764. The smallest absolute Gasteiger partial charge is 0.224 e. The van der Waals surface area contributed by atoms with Crippen LogP contribution in [-0.4, -0.2) is 15.9 Å². The molecule has 0 aliphatic rings. The number of aromatic amines is 1. The molecule has 0 spiro atoms. The average Bonchev–Trinajstić information content (AvgIpc) is 3.12. The maximum Gasteiger partial charge on any atom is 0.224 e. The van der Waals surface area contributed by atoms with Crippen molar-refractivity contribution < 1.29 is 4.79 Å². The first-order chi connectivity index (χ1) is 13.3. The van der Waals surface area contributed by atoms with Gasteiger partial charge in [0, 0.05) is 41.1 Å². The van der Waals surface area contributed by atoms with E-state index >= 15 is 0 Å². The summed E-state index contributed by atoms with van der Waals surface area (Å²) >= 11 is 0. The number of carbonyl (C=O) groups is 1. The Kier molecular flexibility index (Phi) is 4.83. The van der Waals surface area contributed by atoms with Crippen molar-refractivity contribution in [3.8, 4) is 0 Å². The summed E-state index contributed by atoms with van der Waals surface area (Å²) in [7, 11) is 0. The van der Waals surface area contributed by atoms with Crippen LogP contribution in [0, 0.1) is 0 Å². The Hall–Kier alpha value is -3.60. The van der Waals surface area contributed by atoms with E-state index in [0.29, 0.717) is 12.8 Å². The Morgan fingerprint density at radius 1 is 0.926 bits per heavy atom. The third kappa shape index (κ3) is 4.15. The molecule has 2 aromatic heterocycles. The molecule has 27 heavy (non-hydrogen) atoms. The molecule has 0 radical (unpaired) electrons. The van der Waals surface area contributed by atoms with Gasteiger partial charge in [0.05, 0.1) is 11.9 Å². The fourth-order valence-electron chi connectivity index (χ4n) is 3.05. The molecule has 1 amide bonds. The number of hydrogen-bond donors (Lipinski definition) is 3. The lowest BCUT2D eigenvalue weighted by Gasteiger charge is -2.08. The van der Waals surface area contributed by atoms with Gasteiger partial charge in [0.15, 0.2) is 0 Å². The number of carbonyl (C=O) groups excluding carboxylic acids is 1. The maximum atomic E-state index is 12.3. The number of amides is 1. The third-order valence-electron chi connectivity index (χ3n) is 4.42. The summed E-state index contributed by atoms with van der Waals surface area (Å²) in [6.07, 6.45) is 6.63. The molecular formula is C22H20N4O. The highest BCUT2D eigenvalue weighted by Gasteiger charge is 2.07. The first-order valence-electron chi connectivity index (χ1n) is 8.90. The van der Waals surface area contributed by atoms with Gasteiger partial charge in [0.1, 0.15) is 0 Å². The van der Waals surface area contributed by atoms with E-state index in [-0.39, 0.29) is 5.91 Å². The molecule has 0 bridgehead atoms. The molecule has 4 rings (SSSR count). The highest BCUT2D eigenvalue weighted by atomic mass is 16.1. The van der Waals surface area contributed by atoms with Gasteiger partial charge in [-0.05, 0) is 54.4 Å². The molecule has 5 heteroatoms. The molecule has 5 nitrogen and oxygen atoms in total. The zero-order chi connectivity index (χ0) is 18.5. The highest BCUT2D eigenvalue weighted by Crippen LogP contribution is 2.20. The van der Waals surface area contributed by atoms with Gasteiger partial charge in [-0.15, -0.1) is 0 Å². The zero-order valence-electron chi connectivity index (χ0n) is 14.8. The van der Waals surface area contributed by atoms with Gasteiger partial charge in [0.25, 0.3) is 0 Å². The van der Waals surface area contributed by atoms with Crippen LogP contribution in [0.5, 0.6) is 0 Å². The number of fused-ring (bicyclic) bond motifs is 1. The number of hydrogen-bond acceptors (Lipinski definition) is 3. The van der Waals surface area contributed by atoms with Crippen LogP contribution in [-0.2, 0) is 11.2 Å². The SMILES string of the molecule is O=C(CCc1c[nH]c2ccccc12)Nc1ccc(Nc2cccnc2)cc1. The maximum absolute atomic E-state index is 12.3. The third-order valence-corrected chi connectivity index (χ3v) is 4.42. The van der Waals surface area contributed by atoms with E-state index in [4.69, 9.17) is 0 Å². The van der Waals surface area contributed by atoms with Crippen molar-refractivity contribution in [1.29, 1.82) is 0 Å². The van der Waals surface area contributed by atoms with Crippen molar-refractivity contribution in [3.05, 3.63) is 84.8 Å². The molecule has 0 atom stereocenters. The largest absolute Gasteiger partial charge is 0.361 e. The molecule has 0 fully saturated rings. The molecule has 4 aromatic rings. The monoisotopic (exact) mass is 356 g/mol. The first-order valence-corrected chi connectivity index (χ1v) is 8.90. The van der Waals surface area contributed by atoms with E-state index in [0.717, 1.165) is 28.1 Å². The average molecular weight is 356 g/mol. The minimum atomic E-state index is 0.00764. The summed E-state index contributed by atoms with van der Waals surface area (Å²) in [6.45, 7) is 0. The van der Waals surface area contributed by atoms with Crippen molar-refractivity contribution in [2.45, 2.75) is 12.8 Å². The Morgan fingerprint density at radius 3 is 2.56 bits per heavy atom. The summed E-state index contributed by atoms with van der Waals surface area (Å²) in [5.41, 5.74) is 4.92. The van der Waals surface area contributed by atoms with Crippen molar-refractivity contribution in [3.63, 3.8) is 0 Å². The van der Waals surface area contributed by atoms with E-state index in [1.807, 2.05) is 60.8 Å². The predicted molar refractivity (Wildman–Crippen MR) is 109 cm³/mol. The van der Waals surface area contributed by atoms with E-state index in [2.05, 4.69) is 26.7 Å². The normalized spacial score (nSPS) is 10.7. The van der Waals surface area contributed by atoms with E-state index in [1.165, 1.54) is 5.39 Å². The molecule has 0 aliphatic carbocycles. The topological polar surface area (TPSA) is 69.8 Å². The predicted octanol–water partition coefficient (Wildman–Crippen LogP) is 4.88. The number of nitrogens with one attached hydrogen (secondary N) is 3. The van der Waals surface area contributed by atoms with Crippen LogP contribution in [0.4, 0.5) is 17.1 Å². The summed E-state index contributed by atoms with van der Waals surface area (Å²) in [4.78, 5) is 19.6. The fraction of sp³-hybridized carbons (Fsp3) is 0.0909. The number of rotatable bonds is 6. The molecule has 0 saturated carbocycles. The number of aryl methyl sites for hydroxylation is 1. The molecule has 0 saturated heterocycles. The molecule has 0 unspecified atom stereocenters. The molecule has 0 aliphatic heterocycles.